The van der Waals surface area contributed by atoms with E-state index in [1.807, 2.05) is 62.0 Å². The van der Waals surface area contributed by atoms with E-state index in [4.69, 9.17) is 0 Å². The maximum Gasteiger partial charge on any atom is 0.259 e. The van der Waals surface area contributed by atoms with Gasteiger partial charge in [0.2, 0.25) is 5.82 Å². The molecule has 0 radical (unpaired) electrons. The number of aliphatic hydroxyl groups is 1. The quantitative estimate of drug-likeness (QED) is 0.338. The maximum absolute atomic E-state index is 13.4. The van der Waals surface area contributed by atoms with E-state index in [9.17, 15) is 9.90 Å². The fourth-order valence-electron chi connectivity index (χ4n) is 4.53. The van der Waals surface area contributed by atoms with Crippen LogP contribution in [0.5, 0.6) is 0 Å². The van der Waals surface area contributed by atoms with E-state index in [2.05, 4.69) is 30.9 Å². The van der Waals surface area contributed by atoms with Gasteiger partial charge in [-0.05, 0) is 75.1 Å². The van der Waals surface area contributed by atoms with Crippen LogP contribution in [-0.2, 0) is 0 Å². The van der Waals surface area contributed by atoms with Crippen LogP contribution in [0, 0.1) is 13.8 Å². The number of rotatable bonds is 7. The van der Waals surface area contributed by atoms with Crippen molar-refractivity contribution in [1.82, 2.24) is 39.6 Å². The van der Waals surface area contributed by atoms with Crippen LogP contribution < -0.4 is 5.32 Å². The van der Waals surface area contributed by atoms with Gasteiger partial charge in [0.25, 0.3) is 5.91 Å². The van der Waals surface area contributed by atoms with Gasteiger partial charge in [-0.15, -0.1) is 10.2 Å². The van der Waals surface area contributed by atoms with Gasteiger partial charge in [-0.25, -0.2) is 4.52 Å². The summed E-state index contributed by atoms with van der Waals surface area (Å²) in [6.45, 7) is 7.60. The molecule has 0 aliphatic heterocycles. The van der Waals surface area contributed by atoms with Crippen LogP contribution >= 0.6 is 0 Å². The van der Waals surface area contributed by atoms with E-state index in [1.165, 1.54) is 0 Å². The third kappa shape index (κ3) is 4.24. The fourth-order valence-corrected chi connectivity index (χ4v) is 4.53. The number of aryl methyl sites for hydroxylation is 1. The lowest BCUT2D eigenvalue weighted by atomic mass is 10.1. The Morgan fingerprint density at radius 1 is 1.08 bits per heavy atom. The van der Waals surface area contributed by atoms with E-state index < -0.39 is 6.10 Å². The normalized spacial score (nSPS) is 15.1. The highest BCUT2D eigenvalue weighted by atomic mass is 16.3. The number of aromatic nitrogens is 8. The zero-order chi connectivity index (χ0) is 26.6. The molecule has 2 atom stereocenters. The van der Waals surface area contributed by atoms with Crippen molar-refractivity contribution in [3.63, 3.8) is 0 Å². The van der Waals surface area contributed by atoms with E-state index in [1.54, 1.807) is 28.6 Å². The zero-order valence-corrected chi connectivity index (χ0v) is 21.7. The highest BCUT2D eigenvalue weighted by Gasteiger charge is 2.27. The summed E-state index contributed by atoms with van der Waals surface area (Å²) in [5.74, 6) is 0.274. The molecular weight excluding hydrogens is 482 g/mol. The number of nitrogens with one attached hydrogen (secondary N) is 1. The summed E-state index contributed by atoms with van der Waals surface area (Å²) in [5, 5.41) is 34.8. The summed E-state index contributed by atoms with van der Waals surface area (Å²) < 4.78 is 3.50. The average Bonchev–Trinajstić information content (AvgIpc) is 3.30. The molecular formula is C27H29N9O2. The summed E-state index contributed by atoms with van der Waals surface area (Å²) in [6.07, 6.45) is 6.82. The molecule has 0 saturated heterocycles. The smallest absolute Gasteiger partial charge is 0.259 e. The molecule has 1 amide bonds. The van der Waals surface area contributed by atoms with Gasteiger partial charge >= 0.3 is 0 Å². The Morgan fingerprint density at radius 3 is 2.66 bits per heavy atom. The topological polar surface area (TPSA) is 128 Å². The summed E-state index contributed by atoms with van der Waals surface area (Å²) in [7, 11) is 0. The molecule has 194 valence electrons. The first-order chi connectivity index (χ1) is 18.3. The second-order valence-electron chi connectivity index (χ2n) is 10.0. The van der Waals surface area contributed by atoms with Crippen LogP contribution in [0.15, 0.2) is 48.9 Å². The highest BCUT2D eigenvalue weighted by Crippen LogP contribution is 2.34. The third-order valence-corrected chi connectivity index (χ3v) is 7.25. The van der Waals surface area contributed by atoms with Crippen molar-refractivity contribution in [3.8, 4) is 22.5 Å². The van der Waals surface area contributed by atoms with Crippen molar-refractivity contribution in [2.75, 3.05) is 5.32 Å². The predicted molar refractivity (Wildman–Crippen MR) is 142 cm³/mol. The van der Waals surface area contributed by atoms with Crippen molar-refractivity contribution >= 4 is 17.1 Å². The van der Waals surface area contributed by atoms with Crippen LogP contribution in [0.2, 0.25) is 0 Å². The van der Waals surface area contributed by atoms with Crippen LogP contribution in [0.3, 0.4) is 0 Å². The van der Waals surface area contributed by atoms with Crippen LogP contribution in [0.25, 0.3) is 28.0 Å². The summed E-state index contributed by atoms with van der Waals surface area (Å²) in [4.78, 5) is 15.1. The van der Waals surface area contributed by atoms with E-state index in [0.29, 0.717) is 28.6 Å². The number of carbonyl (C=O) groups excluding carboxylic acids is 1. The molecule has 1 aliphatic rings. The van der Waals surface area contributed by atoms with Crippen LogP contribution in [0.1, 0.15) is 60.4 Å². The number of fused-ring (bicyclic) bond motifs is 1. The molecule has 2 N–H and O–H groups in total. The lowest BCUT2D eigenvalue weighted by molar-refractivity contribution is 0.102. The zero-order valence-electron chi connectivity index (χ0n) is 21.7. The van der Waals surface area contributed by atoms with Crippen molar-refractivity contribution in [1.29, 1.82) is 0 Å². The summed E-state index contributed by atoms with van der Waals surface area (Å²) >= 11 is 0. The molecule has 4 aromatic heterocycles. The molecule has 1 saturated carbocycles. The number of aliphatic hydroxyl groups excluding tert-OH is 1. The first-order valence-electron chi connectivity index (χ1n) is 12.7. The second-order valence-corrected chi connectivity index (χ2v) is 10.0. The lowest BCUT2D eigenvalue weighted by Crippen LogP contribution is -2.20. The van der Waals surface area contributed by atoms with Crippen LogP contribution in [-0.4, -0.2) is 56.7 Å². The minimum atomic E-state index is -0.531. The molecule has 1 fully saturated rings. The number of anilines is 1. The lowest BCUT2D eigenvalue weighted by Gasteiger charge is -2.17. The van der Waals surface area contributed by atoms with Gasteiger partial charge in [-0.2, -0.15) is 15.0 Å². The number of nitrogens with zero attached hydrogens (tertiary/aromatic N) is 8. The van der Waals surface area contributed by atoms with Crippen molar-refractivity contribution in [3.05, 3.63) is 65.7 Å². The second kappa shape index (κ2) is 9.18. The molecule has 4 heterocycles. The molecule has 11 nitrogen and oxygen atoms in total. The molecule has 5 aromatic rings. The molecule has 6 rings (SSSR count). The summed E-state index contributed by atoms with van der Waals surface area (Å²) in [6, 6.07) is 9.82. The molecule has 0 unspecified atom stereocenters. The monoisotopic (exact) mass is 511 g/mol. The molecule has 1 aliphatic carbocycles. The Labute approximate surface area is 219 Å². The van der Waals surface area contributed by atoms with Gasteiger partial charge in [-0.3, -0.25) is 9.48 Å². The van der Waals surface area contributed by atoms with E-state index >= 15 is 0 Å². The standard InChI is InChI=1S/C27H29N9O2/c1-15-5-6-20(26-31-33-36(32-26)21-7-8-21)11-24(15)30-27(38)23-14-28-34-10-9-19(12-25(23)34)22-13-29-35(17(22)3)16(2)18(4)37/h5-6,9-14,16,18,21,37H,7-8H2,1-4H3,(H,30,38)/t16-,18-/m1/s1. The Bertz CT molecular complexity index is 1660. The van der Waals surface area contributed by atoms with Crippen molar-refractivity contribution in [2.24, 2.45) is 0 Å². The van der Waals surface area contributed by atoms with Crippen molar-refractivity contribution < 1.29 is 9.90 Å². The van der Waals surface area contributed by atoms with Gasteiger partial charge in [0, 0.05) is 28.7 Å². The number of amides is 1. The molecule has 1 aromatic carbocycles. The Kier molecular flexibility index (Phi) is 5.79. The number of carbonyl (C=O) groups is 1. The largest absolute Gasteiger partial charge is 0.391 e. The predicted octanol–water partition coefficient (Wildman–Crippen LogP) is 4.00. The minimum absolute atomic E-state index is 0.156. The molecule has 0 bridgehead atoms. The maximum atomic E-state index is 13.4. The number of pyridine rings is 1. The third-order valence-electron chi connectivity index (χ3n) is 7.25. The first kappa shape index (κ1) is 24.0. The Morgan fingerprint density at radius 2 is 1.89 bits per heavy atom. The van der Waals surface area contributed by atoms with Crippen molar-refractivity contribution in [2.45, 2.75) is 58.7 Å². The fraction of sp³-hybridized carbons (Fsp3) is 0.333. The number of tetrazole rings is 1. The van der Waals surface area contributed by atoms with Gasteiger partial charge < -0.3 is 10.4 Å². The Balaban J connectivity index is 1.29. The molecule has 11 heteroatoms. The number of hydrogen-bond acceptors (Lipinski definition) is 7. The van der Waals surface area contributed by atoms with Gasteiger partial charge in [-0.1, -0.05) is 12.1 Å². The van der Waals surface area contributed by atoms with Gasteiger partial charge in [0.15, 0.2) is 0 Å². The van der Waals surface area contributed by atoms with E-state index in [0.717, 1.165) is 40.8 Å². The molecule has 0 spiro atoms. The highest BCUT2D eigenvalue weighted by molar-refractivity contribution is 6.09. The SMILES string of the molecule is Cc1ccc(-c2nnn(C3CC3)n2)cc1NC(=O)c1cnn2ccc(-c3cnn([C@H](C)[C@@H](C)O)c3C)cc12. The summed E-state index contributed by atoms with van der Waals surface area (Å²) in [5.41, 5.74) is 6.31. The van der Waals surface area contributed by atoms with Crippen LogP contribution in [0.4, 0.5) is 5.69 Å². The van der Waals surface area contributed by atoms with E-state index in [-0.39, 0.29) is 11.9 Å². The molecule has 38 heavy (non-hydrogen) atoms. The minimum Gasteiger partial charge on any atom is -0.391 e. The number of benzene rings is 1. The average molecular weight is 512 g/mol. The number of hydrogen-bond donors (Lipinski definition) is 2. The van der Waals surface area contributed by atoms with Gasteiger partial charge in [0.1, 0.15) is 0 Å². The first-order valence-corrected chi connectivity index (χ1v) is 12.7. The Hall–Kier alpha value is -4.38. The van der Waals surface area contributed by atoms with Gasteiger partial charge in [0.05, 0.1) is 41.7 Å².